The Morgan fingerprint density at radius 1 is 1.15 bits per heavy atom. The van der Waals surface area contributed by atoms with Crippen molar-refractivity contribution < 1.29 is 4.74 Å². The summed E-state index contributed by atoms with van der Waals surface area (Å²) in [4.78, 5) is 0. The van der Waals surface area contributed by atoms with Gasteiger partial charge in [-0.05, 0) is 43.2 Å². The number of benzene rings is 1. The SMILES string of the molecule is C=Cc1cc(C2=CCCC=C2Oc2ccccc2)n[nH]1. The fourth-order valence-electron chi connectivity index (χ4n) is 2.17. The molecule has 0 amide bonds. The van der Waals surface area contributed by atoms with Gasteiger partial charge < -0.3 is 4.74 Å². The van der Waals surface area contributed by atoms with Gasteiger partial charge in [-0.1, -0.05) is 30.9 Å². The van der Waals surface area contributed by atoms with Crippen molar-refractivity contribution in [2.45, 2.75) is 12.8 Å². The lowest BCUT2D eigenvalue weighted by Crippen LogP contribution is -2.02. The van der Waals surface area contributed by atoms with Crippen LogP contribution in [0.25, 0.3) is 11.6 Å². The zero-order valence-electron chi connectivity index (χ0n) is 11.2. The third-order valence-electron chi connectivity index (χ3n) is 3.17. The van der Waals surface area contributed by atoms with E-state index in [1.165, 1.54) is 0 Å². The lowest BCUT2D eigenvalue weighted by Gasteiger charge is -2.15. The van der Waals surface area contributed by atoms with Crippen LogP contribution in [-0.4, -0.2) is 10.2 Å². The van der Waals surface area contributed by atoms with Crippen LogP contribution in [0.4, 0.5) is 0 Å². The van der Waals surface area contributed by atoms with Crippen LogP contribution in [0, 0.1) is 0 Å². The smallest absolute Gasteiger partial charge is 0.132 e. The number of allylic oxidation sites excluding steroid dienone is 3. The molecule has 3 rings (SSSR count). The van der Waals surface area contributed by atoms with Gasteiger partial charge in [0.2, 0.25) is 0 Å². The van der Waals surface area contributed by atoms with Crippen molar-refractivity contribution in [2.24, 2.45) is 0 Å². The minimum atomic E-state index is 0.839. The molecule has 100 valence electrons. The summed E-state index contributed by atoms with van der Waals surface area (Å²) in [7, 11) is 0. The van der Waals surface area contributed by atoms with Gasteiger partial charge in [0.1, 0.15) is 11.5 Å². The molecule has 0 spiro atoms. The third-order valence-corrected chi connectivity index (χ3v) is 3.17. The topological polar surface area (TPSA) is 37.9 Å². The van der Waals surface area contributed by atoms with Crippen molar-refractivity contribution in [3.05, 3.63) is 72.3 Å². The maximum absolute atomic E-state index is 5.98. The second-order valence-corrected chi connectivity index (χ2v) is 4.59. The van der Waals surface area contributed by atoms with E-state index in [1.54, 1.807) is 6.08 Å². The normalized spacial score (nSPS) is 14.4. The Hall–Kier alpha value is -2.55. The van der Waals surface area contributed by atoms with Gasteiger partial charge in [-0.3, -0.25) is 5.10 Å². The number of para-hydroxylation sites is 1. The number of rotatable bonds is 4. The number of ether oxygens (including phenoxy) is 1. The van der Waals surface area contributed by atoms with Crippen LogP contribution in [0.5, 0.6) is 5.75 Å². The van der Waals surface area contributed by atoms with Crippen LogP contribution in [0.1, 0.15) is 24.2 Å². The molecule has 2 aromatic rings. The summed E-state index contributed by atoms with van der Waals surface area (Å²) in [6, 6.07) is 11.8. The van der Waals surface area contributed by atoms with Gasteiger partial charge in [0.05, 0.1) is 11.4 Å². The number of aromatic nitrogens is 2. The van der Waals surface area contributed by atoms with Gasteiger partial charge in [-0.15, -0.1) is 0 Å². The molecule has 0 fully saturated rings. The van der Waals surface area contributed by atoms with E-state index < -0.39 is 0 Å². The maximum atomic E-state index is 5.98. The van der Waals surface area contributed by atoms with Gasteiger partial charge in [-0.25, -0.2) is 0 Å². The summed E-state index contributed by atoms with van der Waals surface area (Å²) < 4.78 is 5.98. The summed E-state index contributed by atoms with van der Waals surface area (Å²) in [6.07, 6.45) is 8.03. The Morgan fingerprint density at radius 3 is 2.70 bits per heavy atom. The molecule has 0 radical (unpaired) electrons. The van der Waals surface area contributed by atoms with Gasteiger partial charge in [0.25, 0.3) is 0 Å². The molecule has 0 saturated carbocycles. The first-order valence-electron chi connectivity index (χ1n) is 6.68. The second-order valence-electron chi connectivity index (χ2n) is 4.59. The molecule has 20 heavy (non-hydrogen) atoms. The van der Waals surface area contributed by atoms with Gasteiger partial charge in [0.15, 0.2) is 0 Å². The molecule has 1 heterocycles. The van der Waals surface area contributed by atoms with Crippen molar-refractivity contribution in [1.82, 2.24) is 10.2 Å². The van der Waals surface area contributed by atoms with E-state index in [2.05, 4.69) is 28.9 Å². The summed E-state index contributed by atoms with van der Waals surface area (Å²) in [5.41, 5.74) is 2.83. The van der Waals surface area contributed by atoms with E-state index in [0.29, 0.717) is 0 Å². The fourth-order valence-corrected chi connectivity index (χ4v) is 2.17. The summed E-state index contributed by atoms with van der Waals surface area (Å²) in [5.74, 6) is 1.70. The zero-order chi connectivity index (χ0) is 13.8. The van der Waals surface area contributed by atoms with Crippen LogP contribution >= 0.6 is 0 Å². The van der Waals surface area contributed by atoms with Gasteiger partial charge >= 0.3 is 0 Å². The molecule has 1 aliphatic rings. The number of hydrogen-bond acceptors (Lipinski definition) is 2. The molecule has 3 nitrogen and oxygen atoms in total. The monoisotopic (exact) mass is 264 g/mol. The van der Waals surface area contributed by atoms with E-state index in [4.69, 9.17) is 4.74 Å². The Morgan fingerprint density at radius 2 is 1.95 bits per heavy atom. The molecular formula is C17H16N2O. The Balaban J connectivity index is 1.87. The predicted molar refractivity (Wildman–Crippen MR) is 81.0 cm³/mol. The van der Waals surface area contributed by atoms with Crippen LogP contribution < -0.4 is 4.74 Å². The van der Waals surface area contributed by atoms with Crippen LogP contribution in [0.3, 0.4) is 0 Å². The van der Waals surface area contributed by atoms with Crippen molar-refractivity contribution in [3.63, 3.8) is 0 Å². The van der Waals surface area contributed by atoms with E-state index in [1.807, 2.05) is 36.4 Å². The summed E-state index contributed by atoms with van der Waals surface area (Å²) in [6.45, 7) is 3.74. The number of nitrogens with zero attached hydrogens (tertiary/aromatic N) is 1. The minimum absolute atomic E-state index is 0.839. The Bertz CT molecular complexity index is 665. The average molecular weight is 264 g/mol. The van der Waals surface area contributed by atoms with Crippen molar-refractivity contribution >= 4 is 11.6 Å². The molecule has 3 heteroatoms. The Labute approximate surface area is 118 Å². The standard InChI is InChI=1S/C17H16N2O/c1-2-13-12-16(19-18-13)15-10-6-7-11-17(15)20-14-8-4-3-5-9-14/h2-5,8-12H,1,6-7H2,(H,18,19). The highest BCUT2D eigenvalue weighted by atomic mass is 16.5. The number of H-pyrrole nitrogens is 1. The fraction of sp³-hybridized carbons (Fsp3) is 0.118. The largest absolute Gasteiger partial charge is 0.457 e. The molecule has 0 bridgehead atoms. The molecule has 0 atom stereocenters. The van der Waals surface area contributed by atoms with Crippen LogP contribution in [-0.2, 0) is 0 Å². The summed E-state index contributed by atoms with van der Waals surface area (Å²) >= 11 is 0. The second kappa shape index (κ2) is 5.61. The van der Waals surface area contributed by atoms with Crippen molar-refractivity contribution in [3.8, 4) is 5.75 Å². The lowest BCUT2D eigenvalue weighted by atomic mass is 10.0. The van der Waals surface area contributed by atoms with E-state index in [0.717, 1.165) is 41.3 Å². The average Bonchev–Trinajstić information content (AvgIpc) is 2.98. The number of hydrogen-bond donors (Lipinski definition) is 1. The van der Waals surface area contributed by atoms with Gasteiger partial charge in [0, 0.05) is 5.57 Å². The minimum Gasteiger partial charge on any atom is -0.457 e. The highest BCUT2D eigenvalue weighted by Gasteiger charge is 2.15. The molecule has 0 saturated heterocycles. The quantitative estimate of drug-likeness (QED) is 0.899. The Kier molecular flexibility index (Phi) is 3.50. The van der Waals surface area contributed by atoms with E-state index in [-0.39, 0.29) is 0 Å². The van der Waals surface area contributed by atoms with Gasteiger partial charge in [-0.2, -0.15) is 5.10 Å². The number of nitrogens with one attached hydrogen (secondary N) is 1. The first-order chi connectivity index (χ1) is 9.86. The molecule has 1 aromatic heterocycles. The zero-order valence-corrected chi connectivity index (χ0v) is 11.2. The van der Waals surface area contributed by atoms with E-state index >= 15 is 0 Å². The third kappa shape index (κ3) is 2.57. The van der Waals surface area contributed by atoms with E-state index in [9.17, 15) is 0 Å². The van der Waals surface area contributed by atoms with Crippen molar-refractivity contribution in [1.29, 1.82) is 0 Å². The predicted octanol–water partition coefficient (Wildman–Crippen LogP) is 4.19. The molecule has 1 aliphatic carbocycles. The first-order valence-corrected chi connectivity index (χ1v) is 6.68. The molecule has 0 unspecified atom stereocenters. The number of aromatic amines is 1. The summed E-state index contributed by atoms with van der Waals surface area (Å²) in [5, 5.41) is 7.26. The molecule has 1 aromatic carbocycles. The molecular weight excluding hydrogens is 248 g/mol. The first kappa shape index (κ1) is 12.5. The van der Waals surface area contributed by atoms with Crippen LogP contribution in [0.15, 0.2) is 60.9 Å². The molecule has 0 aliphatic heterocycles. The highest BCUT2D eigenvalue weighted by molar-refractivity contribution is 5.77. The molecule has 1 N–H and O–H groups in total. The lowest BCUT2D eigenvalue weighted by molar-refractivity contribution is 0.444. The highest BCUT2D eigenvalue weighted by Crippen LogP contribution is 2.29. The van der Waals surface area contributed by atoms with Crippen molar-refractivity contribution in [2.75, 3.05) is 0 Å². The maximum Gasteiger partial charge on any atom is 0.132 e. The van der Waals surface area contributed by atoms with Crippen LogP contribution in [0.2, 0.25) is 0 Å².